The molecule has 1 heterocycles. The molecule has 5 nitrogen and oxygen atoms in total. The van der Waals surface area contributed by atoms with Gasteiger partial charge in [-0.2, -0.15) is 4.98 Å². The van der Waals surface area contributed by atoms with Gasteiger partial charge in [0, 0.05) is 6.20 Å². The lowest BCUT2D eigenvalue weighted by molar-refractivity contribution is 1.12. The monoisotopic (exact) mass is 269 g/mol. The zero-order chi connectivity index (χ0) is 12.3. The molecule has 0 bridgehead atoms. The largest absolute Gasteiger partial charge is 0.338 e. The second-order valence-electron chi connectivity index (χ2n) is 3.13. The van der Waals surface area contributed by atoms with E-state index in [9.17, 15) is 0 Å². The molecular weight excluding hydrogens is 261 g/mol. The maximum atomic E-state index is 6.02. The predicted molar refractivity (Wildman–Crippen MR) is 69.6 cm³/mol. The Balaban J connectivity index is 2.31. The molecule has 0 unspecified atom stereocenters. The van der Waals surface area contributed by atoms with Crippen LogP contribution in [0.5, 0.6) is 0 Å². The molecule has 1 aromatic carbocycles. The number of hydrogen-bond acceptors (Lipinski definition) is 5. The smallest absolute Gasteiger partial charge is 0.239 e. The van der Waals surface area contributed by atoms with Crippen molar-refractivity contribution in [1.29, 1.82) is 0 Å². The zero-order valence-electron chi connectivity index (χ0n) is 8.61. The van der Waals surface area contributed by atoms with Crippen molar-refractivity contribution in [1.82, 2.24) is 9.97 Å². The summed E-state index contributed by atoms with van der Waals surface area (Å²) in [4.78, 5) is 7.98. The molecule has 0 atom stereocenters. The molecule has 0 radical (unpaired) electrons. The Bertz CT molecular complexity index is 512. The number of para-hydroxylation sites is 1. The minimum absolute atomic E-state index is 0.304. The number of rotatable bonds is 3. The van der Waals surface area contributed by atoms with E-state index in [2.05, 4.69) is 20.7 Å². The van der Waals surface area contributed by atoms with Gasteiger partial charge in [-0.25, -0.2) is 10.8 Å². The van der Waals surface area contributed by atoms with Gasteiger partial charge in [0.2, 0.25) is 5.95 Å². The zero-order valence-corrected chi connectivity index (χ0v) is 10.1. The minimum atomic E-state index is 0.304. The van der Waals surface area contributed by atoms with Gasteiger partial charge in [-0.05, 0) is 18.2 Å². The van der Waals surface area contributed by atoms with E-state index >= 15 is 0 Å². The Morgan fingerprint density at radius 3 is 2.47 bits per heavy atom. The van der Waals surface area contributed by atoms with Crippen molar-refractivity contribution in [3.05, 3.63) is 40.5 Å². The average Bonchev–Trinajstić information content (AvgIpc) is 2.34. The second kappa shape index (κ2) is 5.18. The topological polar surface area (TPSA) is 75.9 Å². The highest BCUT2D eigenvalue weighted by atomic mass is 35.5. The SMILES string of the molecule is NNc1nccc(Nc2c(Cl)cccc2Cl)n1. The lowest BCUT2D eigenvalue weighted by Gasteiger charge is -2.09. The van der Waals surface area contributed by atoms with Gasteiger partial charge in [-0.3, -0.25) is 5.43 Å². The summed E-state index contributed by atoms with van der Waals surface area (Å²) < 4.78 is 0. The van der Waals surface area contributed by atoms with Crippen molar-refractivity contribution >= 4 is 40.7 Å². The Morgan fingerprint density at radius 1 is 1.12 bits per heavy atom. The van der Waals surface area contributed by atoms with Crippen molar-refractivity contribution in [2.75, 3.05) is 10.7 Å². The molecule has 0 amide bonds. The van der Waals surface area contributed by atoms with Gasteiger partial charge in [-0.15, -0.1) is 0 Å². The molecule has 2 rings (SSSR count). The van der Waals surface area contributed by atoms with Crippen LogP contribution in [-0.4, -0.2) is 9.97 Å². The third-order valence-electron chi connectivity index (χ3n) is 2.00. The Labute approximate surface area is 108 Å². The molecule has 0 aliphatic carbocycles. The summed E-state index contributed by atoms with van der Waals surface area (Å²) in [6, 6.07) is 6.92. The molecule has 0 saturated heterocycles. The van der Waals surface area contributed by atoms with E-state index < -0.39 is 0 Å². The maximum Gasteiger partial charge on any atom is 0.239 e. The number of nitrogen functional groups attached to an aromatic ring is 1. The number of nitrogens with zero attached hydrogens (tertiary/aromatic N) is 2. The van der Waals surface area contributed by atoms with E-state index in [1.165, 1.54) is 0 Å². The highest BCUT2D eigenvalue weighted by Gasteiger charge is 2.06. The third-order valence-corrected chi connectivity index (χ3v) is 2.63. The minimum Gasteiger partial charge on any atom is -0.338 e. The van der Waals surface area contributed by atoms with Crippen molar-refractivity contribution in [2.24, 2.45) is 5.84 Å². The van der Waals surface area contributed by atoms with Crippen LogP contribution in [0, 0.1) is 0 Å². The molecule has 1 aromatic heterocycles. The number of hydrazine groups is 1. The Hall–Kier alpha value is -1.56. The van der Waals surface area contributed by atoms with Gasteiger partial charge >= 0.3 is 0 Å². The molecule has 7 heteroatoms. The number of halogens is 2. The van der Waals surface area contributed by atoms with Crippen LogP contribution in [-0.2, 0) is 0 Å². The number of benzene rings is 1. The summed E-state index contributed by atoms with van der Waals surface area (Å²) >= 11 is 12.0. The third kappa shape index (κ3) is 2.76. The first-order valence-electron chi connectivity index (χ1n) is 4.71. The number of hydrogen-bond donors (Lipinski definition) is 3. The van der Waals surface area contributed by atoms with Crippen molar-refractivity contribution in [2.45, 2.75) is 0 Å². The number of anilines is 3. The molecule has 0 aliphatic rings. The van der Waals surface area contributed by atoms with E-state index in [-0.39, 0.29) is 0 Å². The molecule has 2 aromatic rings. The van der Waals surface area contributed by atoms with Crippen molar-refractivity contribution < 1.29 is 0 Å². The van der Waals surface area contributed by atoms with Gasteiger partial charge in [0.05, 0.1) is 15.7 Å². The number of aromatic nitrogens is 2. The van der Waals surface area contributed by atoms with Crippen LogP contribution >= 0.6 is 23.2 Å². The van der Waals surface area contributed by atoms with Crippen LogP contribution in [0.15, 0.2) is 30.5 Å². The molecule has 0 fully saturated rings. The second-order valence-corrected chi connectivity index (χ2v) is 3.95. The first kappa shape index (κ1) is 11.9. The van der Waals surface area contributed by atoms with E-state index in [4.69, 9.17) is 29.0 Å². The number of nitrogens with two attached hydrogens (primary N) is 1. The normalized spacial score (nSPS) is 10.1. The molecule has 17 heavy (non-hydrogen) atoms. The van der Waals surface area contributed by atoms with Crippen LogP contribution in [0.2, 0.25) is 10.0 Å². The van der Waals surface area contributed by atoms with E-state index in [0.29, 0.717) is 27.5 Å². The van der Waals surface area contributed by atoms with E-state index in [0.717, 1.165) is 0 Å². The van der Waals surface area contributed by atoms with Crippen LogP contribution in [0.1, 0.15) is 0 Å². The van der Waals surface area contributed by atoms with Gasteiger partial charge < -0.3 is 5.32 Å². The molecule has 88 valence electrons. The number of nitrogens with one attached hydrogen (secondary N) is 2. The summed E-state index contributed by atoms with van der Waals surface area (Å²) in [6.07, 6.45) is 1.56. The first-order valence-corrected chi connectivity index (χ1v) is 5.47. The summed E-state index contributed by atoms with van der Waals surface area (Å²) in [5.74, 6) is 6.07. The van der Waals surface area contributed by atoms with Crippen molar-refractivity contribution in [3.63, 3.8) is 0 Å². The van der Waals surface area contributed by atoms with Gasteiger partial charge in [0.1, 0.15) is 5.82 Å². The predicted octanol–water partition coefficient (Wildman–Crippen LogP) is 2.81. The summed E-state index contributed by atoms with van der Waals surface area (Å²) in [7, 11) is 0. The van der Waals surface area contributed by atoms with E-state index in [1.54, 1.807) is 30.5 Å². The van der Waals surface area contributed by atoms with Gasteiger partial charge in [-0.1, -0.05) is 29.3 Å². The first-order chi connectivity index (χ1) is 8.20. The highest BCUT2D eigenvalue weighted by molar-refractivity contribution is 6.39. The quantitative estimate of drug-likeness (QED) is 0.590. The average molecular weight is 270 g/mol. The Morgan fingerprint density at radius 2 is 1.82 bits per heavy atom. The fourth-order valence-corrected chi connectivity index (χ4v) is 1.74. The van der Waals surface area contributed by atoms with Crippen LogP contribution in [0.25, 0.3) is 0 Å². The van der Waals surface area contributed by atoms with Crippen LogP contribution < -0.4 is 16.6 Å². The Kier molecular flexibility index (Phi) is 3.63. The van der Waals surface area contributed by atoms with Gasteiger partial charge in [0.25, 0.3) is 0 Å². The van der Waals surface area contributed by atoms with Crippen LogP contribution in [0.3, 0.4) is 0 Å². The van der Waals surface area contributed by atoms with Crippen LogP contribution in [0.4, 0.5) is 17.5 Å². The molecule has 4 N–H and O–H groups in total. The molecular formula is C10H9Cl2N5. The standard InChI is InChI=1S/C10H9Cl2N5/c11-6-2-1-3-7(12)9(6)15-8-4-5-14-10(16-8)17-13/h1-5H,13H2,(H2,14,15,16,17). The fraction of sp³-hybridized carbons (Fsp3) is 0. The lowest BCUT2D eigenvalue weighted by atomic mass is 10.3. The molecule has 0 saturated carbocycles. The fourth-order valence-electron chi connectivity index (χ4n) is 1.24. The maximum absolute atomic E-state index is 6.02. The summed E-state index contributed by atoms with van der Waals surface area (Å²) in [6.45, 7) is 0. The summed E-state index contributed by atoms with van der Waals surface area (Å²) in [5, 5.41) is 4.03. The van der Waals surface area contributed by atoms with Crippen molar-refractivity contribution in [3.8, 4) is 0 Å². The highest BCUT2D eigenvalue weighted by Crippen LogP contribution is 2.31. The van der Waals surface area contributed by atoms with Gasteiger partial charge in [0.15, 0.2) is 0 Å². The van der Waals surface area contributed by atoms with E-state index in [1.807, 2.05) is 0 Å². The molecule has 0 spiro atoms. The molecule has 0 aliphatic heterocycles. The lowest BCUT2D eigenvalue weighted by Crippen LogP contribution is -2.10. The summed E-state index contributed by atoms with van der Waals surface area (Å²) in [5.41, 5.74) is 2.95.